The number of benzene rings is 10. The summed E-state index contributed by atoms with van der Waals surface area (Å²) in [6.07, 6.45) is 1.90. The summed E-state index contributed by atoms with van der Waals surface area (Å²) in [6, 6.07) is 86.2. The number of hydrogen-bond acceptors (Lipinski definition) is 2. The second-order valence-corrected chi connectivity index (χ2v) is 18.1. The summed E-state index contributed by atoms with van der Waals surface area (Å²) in [7, 11) is 0. The van der Waals surface area contributed by atoms with Crippen LogP contribution in [0.15, 0.2) is 237 Å². The molecule has 14 rings (SSSR count). The minimum absolute atomic E-state index is 0.658. The van der Waals surface area contributed by atoms with E-state index in [0.717, 1.165) is 66.6 Å². The largest absolute Gasteiger partial charge is 0.309 e. The number of nitrogens with zero attached hydrogens (tertiary/aromatic N) is 3. The minimum Gasteiger partial charge on any atom is -0.309 e. The molecule has 2 aliphatic carbocycles. The number of para-hydroxylation sites is 1. The third kappa shape index (κ3) is 6.03. The van der Waals surface area contributed by atoms with E-state index < -0.39 is 0 Å². The molecule has 0 atom stereocenters. The molecule has 0 fully saturated rings. The highest BCUT2D eigenvalue weighted by atomic mass is 15.0. The van der Waals surface area contributed by atoms with Crippen LogP contribution >= 0.6 is 0 Å². The first-order valence-electron chi connectivity index (χ1n) is 23.5. The van der Waals surface area contributed by atoms with Gasteiger partial charge in [-0.25, -0.2) is 0 Å². The van der Waals surface area contributed by atoms with Crippen molar-refractivity contribution >= 4 is 21.8 Å². The molecule has 0 unspecified atom stereocenters. The molecule has 0 saturated heterocycles. The molecule has 10 aromatic carbocycles. The third-order valence-corrected chi connectivity index (χ3v) is 14.4. The number of rotatable bonds is 3. The van der Waals surface area contributed by atoms with E-state index in [1.807, 2.05) is 24.4 Å². The molecule has 2 aliphatic rings. The molecule has 0 aliphatic heterocycles. The molecule has 0 spiro atoms. The van der Waals surface area contributed by atoms with Gasteiger partial charge in [-0.1, -0.05) is 170 Å². The van der Waals surface area contributed by atoms with Crippen molar-refractivity contribution in [2.75, 3.05) is 0 Å². The van der Waals surface area contributed by atoms with E-state index in [-0.39, 0.29) is 0 Å². The van der Waals surface area contributed by atoms with Crippen molar-refractivity contribution < 1.29 is 0 Å². The molecular weight excluding hydrogens is 835 g/mol. The molecule has 0 amide bonds. The smallest absolute Gasteiger partial charge is 0.0991 e. The summed E-state index contributed by atoms with van der Waals surface area (Å²) < 4.78 is 2.35. The van der Waals surface area contributed by atoms with Gasteiger partial charge in [0.05, 0.1) is 28.4 Å². The third-order valence-electron chi connectivity index (χ3n) is 14.4. The van der Waals surface area contributed by atoms with E-state index in [9.17, 15) is 5.26 Å². The van der Waals surface area contributed by atoms with Crippen LogP contribution in [0, 0.1) is 11.3 Å². The molecule has 12 aromatic rings. The molecule has 0 bridgehead atoms. The van der Waals surface area contributed by atoms with Gasteiger partial charge in [-0.05, 0) is 155 Å². The maximum atomic E-state index is 9.83. The average molecular weight is 874 g/mol. The fourth-order valence-electron chi connectivity index (χ4n) is 11.3. The summed E-state index contributed by atoms with van der Waals surface area (Å²) in [5, 5.41) is 12.0. The van der Waals surface area contributed by atoms with Gasteiger partial charge < -0.3 is 4.57 Å². The first-order valence-corrected chi connectivity index (χ1v) is 23.5. The minimum atomic E-state index is 0.658. The van der Waals surface area contributed by atoms with Gasteiger partial charge in [-0.3, -0.25) is 4.98 Å². The Bertz CT molecular complexity index is 4160. The van der Waals surface area contributed by atoms with Gasteiger partial charge in [0, 0.05) is 33.8 Å². The monoisotopic (exact) mass is 873 g/mol. The Hall–Kier alpha value is -9.36. The summed E-state index contributed by atoms with van der Waals surface area (Å²) in [5.41, 5.74) is 27.4. The summed E-state index contributed by atoms with van der Waals surface area (Å²) in [4.78, 5) is 4.97. The Kier molecular flexibility index (Phi) is 8.65. The maximum absolute atomic E-state index is 9.83. The fraction of sp³-hybridized carbons (Fsp3) is 0. The van der Waals surface area contributed by atoms with Crippen LogP contribution < -0.4 is 0 Å². The van der Waals surface area contributed by atoms with Gasteiger partial charge in [-0.15, -0.1) is 0 Å². The lowest BCUT2D eigenvalue weighted by Crippen LogP contribution is -2.00. The van der Waals surface area contributed by atoms with E-state index >= 15 is 0 Å². The summed E-state index contributed by atoms with van der Waals surface area (Å²) in [6.45, 7) is 0. The number of fused-ring (bicyclic) bond motifs is 19. The van der Waals surface area contributed by atoms with Crippen LogP contribution in [0.25, 0.3) is 139 Å². The number of pyridine rings is 1. The Morgan fingerprint density at radius 3 is 1.36 bits per heavy atom. The number of hydrogen-bond donors (Lipinski definition) is 0. The van der Waals surface area contributed by atoms with Crippen LogP contribution in [-0.4, -0.2) is 9.55 Å². The van der Waals surface area contributed by atoms with Gasteiger partial charge in [0.2, 0.25) is 0 Å². The van der Waals surface area contributed by atoms with E-state index in [0.29, 0.717) is 5.56 Å². The van der Waals surface area contributed by atoms with Crippen LogP contribution in [0.2, 0.25) is 0 Å². The van der Waals surface area contributed by atoms with Crippen molar-refractivity contribution in [2.45, 2.75) is 0 Å². The van der Waals surface area contributed by atoms with Crippen molar-refractivity contribution in [2.24, 2.45) is 0 Å². The van der Waals surface area contributed by atoms with Crippen LogP contribution in [0.1, 0.15) is 5.56 Å². The maximum Gasteiger partial charge on any atom is 0.0991 e. The molecule has 3 nitrogen and oxygen atoms in total. The van der Waals surface area contributed by atoms with E-state index in [4.69, 9.17) is 4.98 Å². The molecule has 2 aromatic heterocycles. The fourth-order valence-corrected chi connectivity index (χ4v) is 11.3. The average Bonchev–Trinajstić information content (AvgIpc) is 3.75. The predicted octanol–water partition coefficient (Wildman–Crippen LogP) is 17.3. The topological polar surface area (TPSA) is 41.6 Å². The quantitative estimate of drug-likeness (QED) is 0.177. The van der Waals surface area contributed by atoms with E-state index in [2.05, 4.69) is 223 Å². The van der Waals surface area contributed by atoms with E-state index in [1.165, 1.54) is 72.3 Å². The van der Waals surface area contributed by atoms with Gasteiger partial charge in [0.15, 0.2) is 0 Å². The van der Waals surface area contributed by atoms with Crippen molar-refractivity contribution in [1.29, 1.82) is 5.26 Å². The molecule has 0 N–H and O–H groups in total. The second kappa shape index (κ2) is 15.4. The number of nitriles is 1. The SMILES string of the molecule is N#Cc1ccc2c(c1)c1ccccc1n2-c1ccc2c(c1)-c1ccccc1-c1ccccc1-c1cc(-c3cccc(-c4ccc5c(c4)-c4ccccc4-c4ccccc4-c4ncccc4-5)c3)ccc1-2. The molecule has 0 saturated carbocycles. The highest BCUT2D eigenvalue weighted by Gasteiger charge is 2.26. The van der Waals surface area contributed by atoms with E-state index in [1.54, 1.807) is 0 Å². The Labute approximate surface area is 400 Å². The lowest BCUT2D eigenvalue weighted by atomic mass is 9.80. The lowest BCUT2D eigenvalue weighted by molar-refractivity contribution is 1.18. The Morgan fingerprint density at radius 1 is 0.304 bits per heavy atom. The van der Waals surface area contributed by atoms with Crippen molar-refractivity contribution in [3.63, 3.8) is 0 Å². The Balaban J connectivity index is 0.925. The highest BCUT2D eigenvalue weighted by molar-refractivity contribution is 6.11. The summed E-state index contributed by atoms with van der Waals surface area (Å²) in [5.74, 6) is 0. The van der Waals surface area contributed by atoms with Gasteiger partial charge in [0.1, 0.15) is 0 Å². The zero-order chi connectivity index (χ0) is 45.6. The van der Waals surface area contributed by atoms with Crippen LogP contribution in [0.4, 0.5) is 0 Å². The van der Waals surface area contributed by atoms with Crippen LogP contribution in [-0.2, 0) is 0 Å². The zero-order valence-electron chi connectivity index (χ0n) is 37.4. The highest BCUT2D eigenvalue weighted by Crippen LogP contribution is 2.51. The molecule has 2 heterocycles. The first kappa shape index (κ1) is 38.9. The molecule has 0 radical (unpaired) electrons. The van der Waals surface area contributed by atoms with Crippen LogP contribution in [0.3, 0.4) is 0 Å². The lowest BCUT2D eigenvalue weighted by Gasteiger charge is -2.24. The normalized spacial score (nSPS) is 11.8. The second-order valence-electron chi connectivity index (χ2n) is 18.1. The molecular formula is C66H39N3. The predicted molar refractivity (Wildman–Crippen MR) is 285 cm³/mol. The molecule has 3 heteroatoms. The Morgan fingerprint density at radius 2 is 0.754 bits per heavy atom. The molecule has 69 heavy (non-hydrogen) atoms. The number of aromatic nitrogens is 2. The van der Waals surface area contributed by atoms with Gasteiger partial charge in [-0.2, -0.15) is 5.26 Å². The van der Waals surface area contributed by atoms with Crippen molar-refractivity contribution in [3.05, 3.63) is 242 Å². The summed E-state index contributed by atoms with van der Waals surface area (Å²) >= 11 is 0. The standard InChI is InChI=1S/C66H39N3/c67-40-41-26-33-65-63(35-41)57-22-9-10-25-64(57)69(65)46-29-32-55-54-30-27-44(37-60(54)51-19-4-1-15-47(51)48-16-2-6-21-53(48)62(55)39-46)42-13-11-14-43(36-42)45-28-31-56-59-24-12-34-68-66(59)58-23-8-7-18-50(58)49-17-3-5-20-52(49)61(56)38-45/h1-39H. The van der Waals surface area contributed by atoms with Gasteiger partial charge in [0.25, 0.3) is 0 Å². The van der Waals surface area contributed by atoms with Crippen molar-refractivity contribution in [1.82, 2.24) is 9.55 Å². The zero-order valence-corrected chi connectivity index (χ0v) is 37.4. The van der Waals surface area contributed by atoms with Crippen LogP contribution in [0.5, 0.6) is 0 Å². The first-order chi connectivity index (χ1) is 34.2. The molecule has 318 valence electrons. The van der Waals surface area contributed by atoms with Crippen molar-refractivity contribution in [3.8, 4) is 123 Å². The van der Waals surface area contributed by atoms with Gasteiger partial charge >= 0.3 is 0 Å².